The van der Waals surface area contributed by atoms with Crippen molar-refractivity contribution in [3.8, 4) is 0 Å². The van der Waals surface area contributed by atoms with E-state index >= 15 is 0 Å². The smallest absolute Gasteiger partial charge is 0.341 e. The number of hydrogen-bond acceptors (Lipinski definition) is 9. The average Bonchev–Trinajstić information content (AvgIpc) is 3.33. The van der Waals surface area contributed by atoms with E-state index in [0.717, 1.165) is 16.2 Å². The van der Waals surface area contributed by atoms with Crippen LogP contribution >= 0.6 is 22.7 Å². The first-order valence-corrected chi connectivity index (χ1v) is 11.1. The number of hydrogen-bond donors (Lipinski definition) is 3. The first-order valence-electron chi connectivity index (χ1n) is 9.50. The van der Waals surface area contributed by atoms with Crippen molar-refractivity contribution in [3.05, 3.63) is 37.9 Å². The van der Waals surface area contributed by atoms with Gasteiger partial charge < -0.3 is 25.4 Å². The van der Waals surface area contributed by atoms with E-state index in [4.69, 9.17) is 9.47 Å². The molecule has 3 N–H and O–H groups in total. The quantitative estimate of drug-likeness (QED) is 0.465. The highest BCUT2D eigenvalue weighted by Crippen LogP contribution is 2.33. The Morgan fingerprint density at radius 1 is 1.00 bits per heavy atom. The Morgan fingerprint density at radius 2 is 1.72 bits per heavy atom. The topological polar surface area (TPSA) is 140 Å². The van der Waals surface area contributed by atoms with Gasteiger partial charge >= 0.3 is 11.9 Å². The number of thiophene rings is 2. The van der Waals surface area contributed by atoms with Crippen molar-refractivity contribution in [2.45, 2.75) is 20.8 Å². The zero-order valence-corrected chi connectivity index (χ0v) is 19.6. The Kier molecular flexibility index (Phi) is 8.91. The van der Waals surface area contributed by atoms with Gasteiger partial charge in [-0.1, -0.05) is 0 Å². The first kappa shape index (κ1) is 25.0. The van der Waals surface area contributed by atoms with Crippen LogP contribution in [0.4, 0.5) is 5.00 Å². The lowest BCUT2D eigenvalue weighted by molar-refractivity contribution is -0.146. The molecule has 0 radical (unpaired) electrons. The molecule has 0 fully saturated rings. The van der Waals surface area contributed by atoms with E-state index in [0.29, 0.717) is 10.4 Å². The summed E-state index contributed by atoms with van der Waals surface area (Å²) in [4.78, 5) is 62.1. The molecule has 172 valence electrons. The Balaban J connectivity index is 1.96. The molecule has 0 atom stereocenters. The number of ether oxygens (including phenoxy) is 2. The predicted molar refractivity (Wildman–Crippen MR) is 119 cm³/mol. The largest absolute Gasteiger partial charge is 0.462 e. The third-order valence-electron chi connectivity index (χ3n) is 4.03. The highest BCUT2D eigenvalue weighted by molar-refractivity contribution is 7.18. The number of aryl methyl sites for hydroxylation is 1. The molecule has 0 saturated heterocycles. The van der Waals surface area contributed by atoms with E-state index in [-0.39, 0.29) is 22.0 Å². The molecule has 0 spiro atoms. The molecule has 0 unspecified atom stereocenters. The minimum absolute atomic E-state index is 0.0635. The summed E-state index contributed by atoms with van der Waals surface area (Å²) in [5, 5.41) is 7.47. The zero-order chi connectivity index (χ0) is 23.8. The van der Waals surface area contributed by atoms with Crippen molar-refractivity contribution < 1.29 is 33.4 Å². The second kappa shape index (κ2) is 11.4. The molecular weight excluding hydrogens is 458 g/mol. The maximum Gasteiger partial charge on any atom is 0.341 e. The Labute approximate surface area is 192 Å². The summed E-state index contributed by atoms with van der Waals surface area (Å²) < 4.78 is 9.88. The Bertz CT molecular complexity index is 1040. The van der Waals surface area contributed by atoms with Gasteiger partial charge in [0.25, 0.3) is 17.7 Å². The average molecular weight is 482 g/mol. The summed E-state index contributed by atoms with van der Waals surface area (Å²) >= 11 is 2.20. The van der Waals surface area contributed by atoms with E-state index in [1.165, 1.54) is 18.4 Å². The van der Waals surface area contributed by atoms with Gasteiger partial charge in [-0.3, -0.25) is 19.2 Å². The van der Waals surface area contributed by atoms with Crippen molar-refractivity contribution in [1.29, 1.82) is 0 Å². The highest BCUT2D eigenvalue weighted by atomic mass is 32.1. The van der Waals surface area contributed by atoms with E-state index in [1.807, 2.05) is 6.92 Å². The molecule has 0 saturated carbocycles. The lowest BCUT2D eigenvalue weighted by Gasteiger charge is -2.08. The standard InChI is InChI=1S/C20H23N3O7S2/c1-5-29-20(28)15-11(3)16(18(27)21-4)32-19(15)23-13(24)9-30-14(25)8-22-17(26)12-7-6-10(2)31-12/h6-7H,5,8-9H2,1-4H3,(H,21,27)(H,22,26)(H,23,24). The lowest BCUT2D eigenvalue weighted by atomic mass is 10.1. The Morgan fingerprint density at radius 3 is 2.31 bits per heavy atom. The van der Waals surface area contributed by atoms with Crippen molar-refractivity contribution >= 4 is 57.3 Å². The van der Waals surface area contributed by atoms with Gasteiger partial charge in [0.15, 0.2) is 6.61 Å². The summed E-state index contributed by atoms with van der Waals surface area (Å²) in [7, 11) is 1.45. The number of anilines is 1. The van der Waals surface area contributed by atoms with Gasteiger partial charge in [-0.2, -0.15) is 0 Å². The molecule has 0 aromatic carbocycles. The lowest BCUT2D eigenvalue weighted by Crippen LogP contribution is -2.31. The number of nitrogens with one attached hydrogen (secondary N) is 3. The molecule has 10 nitrogen and oxygen atoms in total. The molecule has 3 amide bonds. The van der Waals surface area contributed by atoms with Gasteiger partial charge in [0, 0.05) is 11.9 Å². The third kappa shape index (κ3) is 6.37. The fraction of sp³-hybridized carbons (Fsp3) is 0.350. The molecule has 32 heavy (non-hydrogen) atoms. The van der Waals surface area contributed by atoms with E-state index in [9.17, 15) is 24.0 Å². The van der Waals surface area contributed by atoms with Crippen LogP contribution in [0.2, 0.25) is 0 Å². The molecule has 0 aliphatic rings. The van der Waals surface area contributed by atoms with Gasteiger partial charge in [0.05, 0.1) is 21.9 Å². The molecule has 12 heteroatoms. The second-order valence-electron chi connectivity index (χ2n) is 6.36. The highest BCUT2D eigenvalue weighted by Gasteiger charge is 2.26. The SMILES string of the molecule is CCOC(=O)c1c(NC(=O)COC(=O)CNC(=O)c2ccc(C)s2)sc(C(=O)NC)c1C. The number of carbonyl (C=O) groups excluding carboxylic acids is 5. The van der Waals surface area contributed by atoms with Crippen LogP contribution in [-0.4, -0.2) is 56.5 Å². The van der Waals surface area contributed by atoms with Gasteiger partial charge in [-0.15, -0.1) is 22.7 Å². The maximum absolute atomic E-state index is 12.3. The van der Waals surface area contributed by atoms with Crippen LogP contribution in [-0.2, 0) is 19.1 Å². The van der Waals surface area contributed by atoms with Crippen molar-refractivity contribution in [2.75, 3.05) is 32.1 Å². The van der Waals surface area contributed by atoms with E-state index < -0.39 is 42.8 Å². The van der Waals surface area contributed by atoms with Crippen LogP contribution < -0.4 is 16.0 Å². The summed E-state index contributed by atoms with van der Waals surface area (Å²) in [6.07, 6.45) is 0. The summed E-state index contributed by atoms with van der Waals surface area (Å²) in [5.74, 6) is -3.04. The number of rotatable bonds is 9. The number of amides is 3. The van der Waals surface area contributed by atoms with Gasteiger partial charge in [-0.05, 0) is 38.5 Å². The number of esters is 2. The molecular formula is C20H23N3O7S2. The molecule has 0 bridgehead atoms. The second-order valence-corrected chi connectivity index (χ2v) is 8.67. The van der Waals surface area contributed by atoms with Gasteiger partial charge in [0.1, 0.15) is 11.5 Å². The molecule has 2 rings (SSSR count). The normalized spacial score (nSPS) is 10.2. The minimum atomic E-state index is -0.805. The van der Waals surface area contributed by atoms with Crippen LogP contribution in [0.5, 0.6) is 0 Å². The van der Waals surface area contributed by atoms with E-state index in [1.54, 1.807) is 26.0 Å². The zero-order valence-electron chi connectivity index (χ0n) is 18.0. The van der Waals surface area contributed by atoms with Gasteiger partial charge in [-0.25, -0.2) is 4.79 Å². The summed E-state index contributed by atoms with van der Waals surface area (Å²) in [5.41, 5.74) is 0.431. The van der Waals surface area contributed by atoms with Crippen LogP contribution in [0, 0.1) is 13.8 Å². The first-order chi connectivity index (χ1) is 15.2. The molecule has 2 aromatic heterocycles. The Hall–Kier alpha value is -3.25. The maximum atomic E-state index is 12.3. The monoisotopic (exact) mass is 481 g/mol. The van der Waals surface area contributed by atoms with E-state index in [2.05, 4.69) is 16.0 Å². The van der Waals surface area contributed by atoms with Crippen LogP contribution in [0.15, 0.2) is 12.1 Å². The molecule has 0 aliphatic carbocycles. The molecule has 2 aromatic rings. The van der Waals surface area contributed by atoms with Crippen molar-refractivity contribution in [2.24, 2.45) is 0 Å². The summed E-state index contributed by atoms with van der Waals surface area (Å²) in [6, 6.07) is 3.43. The van der Waals surface area contributed by atoms with Crippen LogP contribution in [0.3, 0.4) is 0 Å². The molecule has 2 heterocycles. The predicted octanol–water partition coefficient (Wildman–Crippen LogP) is 1.87. The fourth-order valence-corrected chi connectivity index (χ4v) is 4.48. The fourth-order valence-electron chi connectivity index (χ4n) is 2.54. The third-order valence-corrected chi connectivity index (χ3v) is 6.24. The van der Waals surface area contributed by atoms with Crippen LogP contribution in [0.1, 0.15) is 47.1 Å². The van der Waals surface area contributed by atoms with Gasteiger partial charge in [0.2, 0.25) is 0 Å². The van der Waals surface area contributed by atoms with Crippen LogP contribution in [0.25, 0.3) is 0 Å². The minimum Gasteiger partial charge on any atom is -0.462 e. The number of carbonyl (C=O) groups is 5. The van der Waals surface area contributed by atoms with Crippen molar-refractivity contribution in [1.82, 2.24) is 10.6 Å². The van der Waals surface area contributed by atoms with Crippen molar-refractivity contribution in [3.63, 3.8) is 0 Å². The summed E-state index contributed by atoms with van der Waals surface area (Å²) in [6.45, 7) is 4.13. The molecule has 0 aliphatic heterocycles.